The summed E-state index contributed by atoms with van der Waals surface area (Å²) in [5.74, 6) is -1.48. The maximum Gasteiger partial charge on any atom is 0.380 e. The number of nitrogens with one attached hydrogen (secondary N) is 1. The standard InChI is InChI=1S/C25H33N2O9PS/c1-16(22(30)34-17-8-6-7-9-17)15-37(32,36-18-10-4-3-5-11-18)33-14-19-21(29)25(2,31)23(35-19)27-13-12-20(28)26-24(27)38/h3-5,10-13,16-17,19,21,23,29,31H,6-9,14-15H2,1-2H3,(H,26,28,38)/t16-,19-,21+,23-,25?,37?/m1/s1/i14D2. The Morgan fingerprint density at radius 3 is 2.68 bits per heavy atom. The van der Waals surface area contributed by atoms with E-state index in [1.54, 1.807) is 18.2 Å². The normalized spacial score (nSPS) is 29.2. The molecular formula is C25H33N2O9PS. The molecule has 2 unspecified atom stereocenters. The molecule has 1 saturated heterocycles. The minimum Gasteiger partial charge on any atom is -0.462 e. The predicted molar refractivity (Wildman–Crippen MR) is 139 cm³/mol. The highest BCUT2D eigenvalue weighted by Gasteiger charge is 2.53. The van der Waals surface area contributed by atoms with Crippen LogP contribution in [0.4, 0.5) is 0 Å². The number of carbonyl (C=O) groups excluding carboxylic acids is 1. The molecule has 1 aromatic heterocycles. The molecule has 1 saturated carbocycles. The van der Waals surface area contributed by atoms with E-state index < -0.39 is 61.8 Å². The van der Waals surface area contributed by atoms with Crippen molar-refractivity contribution in [3.8, 4) is 5.75 Å². The number of aromatic amines is 1. The van der Waals surface area contributed by atoms with Gasteiger partial charge in [0.15, 0.2) is 11.0 Å². The first-order valence-corrected chi connectivity index (χ1v) is 14.5. The van der Waals surface area contributed by atoms with Gasteiger partial charge in [-0.3, -0.25) is 23.7 Å². The molecule has 0 amide bonds. The Kier molecular flexibility index (Phi) is 8.05. The highest BCUT2D eigenvalue weighted by molar-refractivity contribution is 7.71. The summed E-state index contributed by atoms with van der Waals surface area (Å²) in [4.78, 5) is 26.7. The van der Waals surface area contributed by atoms with Crippen LogP contribution in [0.15, 0.2) is 47.4 Å². The van der Waals surface area contributed by atoms with Crippen LogP contribution in [0.25, 0.3) is 0 Å². The molecule has 0 radical (unpaired) electrons. The molecule has 2 aliphatic rings. The van der Waals surface area contributed by atoms with Crippen LogP contribution in [0.3, 0.4) is 0 Å². The van der Waals surface area contributed by atoms with Crippen LogP contribution in [0, 0.1) is 10.7 Å². The largest absolute Gasteiger partial charge is 0.462 e. The first-order chi connectivity index (χ1) is 18.7. The minimum atomic E-state index is -4.47. The van der Waals surface area contributed by atoms with Gasteiger partial charge in [0.05, 0.1) is 21.4 Å². The fourth-order valence-corrected chi connectivity index (χ4v) is 6.39. The second kappa shape index (κ2) is 11.8. The lowest BCUT2D eigenvalue weighted by molar-refractivity contribution is -0.152. The Hall–Kier alpha value is -2.34. The molecule has 1 aromatic carbocycles. The summed E-state index contributed by atoms with van der Waals surface area (Å²) < 4.78 is 54.6. The van der Waals surface area contributed by atoms with E-state index in [1.165, 1.54) is 32.2 Å². The summed E-state index contributed by atoms with van der Waals surface area (Å²) in [6.45, 7) is -0.314. The minimum absolute atomic E-state index is 0.107. The van der Waals surface area contributed by atoms with E-state index in [4.69, 9.17) is 33.5 Å². The average Bonchev–Trinajstić information content (AvgIpc) is 3.45. The summed E-state index contributed by atoms with van der Waals surface area (Å²) in [5.41, 5.74) is -2.62. The highest BCUT2D eigenvalue weighted by Crippen LogP contribution is 2.51. The number of hydrogen-bond acceptors (Lipinski definition) is 10. The predicted octanol–water partition coefficient (Wildman–Crippen LogP) is 3.33. The van der Waals surface area contributed by atoms with Gasteiger partial charge in [0, 0.05) is 12.3 Å². The van der Waals surface area contributed by atoms with Gasteiger partial charge in [0.2, 0.25) is 0 Å². The van der Waals surface area contributed by atoms with Crippen molar-refractivity contribution in [3.63, 3.8) is 0 Å². The zero-order valence-corrected chi connectivity index (χ0v) is 22.7. The third-order valence-electron chi connectivity index (χ3n) is 6.55. The molecule has 208 valence electrons. The highest BCUT2D eigenvalue weighted by atomic mass is 32.1. The number of aromatic nitrogens is 2. The lowest BCUT2D eigenvalue weighted by Gasteiger charge is -2.28. The number of esters is 1. The summed E-state index contributed by atoms with van der Waals surface area (Å²) in [5, 5.41) is 22.0. The van der Waals surface area contributed by atoms with Crippen LogP contribution < -0.4 is 10.1 Å². The quantitative estimate of drug-likeness (QED) is 0.221. The van der Waals surface area contributed by atoms with Crippen molar-refractivity contribution in [1.29, 1.82) is 0 Å². The molecule has 3 N–H and O–H groups in total. The van der Waals surface area contributed by atoms with Crippen molar-refractivity contribution in [3.05, 3.63) is 57.7 Å². The molecule has 1 aliphatic heterocycles. The van der Waals surface area contributed by atoms with E-state index in [1.807, 2.05) is 0 Å². The first-order valence-electron chi connectivity index (χ1n) is 13.3. The molecule has 13 heteroatoms. The van der Waals surface area contributed by atoms with E-state index >= 15 is 0 Å². The number of carbonyl (C=O) groups is 1. The Morgan fingerprint density at radius 2 is 2.03 bits per heavy atom. The molecule has 2 heterocycles. The second-order valence-electron chi connectivity index (χ2n) is 9.75. The van der Waals surface area contributed by atoms with Gasteiger partial charge >= 0.3 is 13.6 Å². The van der Waals surface area contributed by atoms with Crippen molar-refractivity contribution in [2.45, 2.75) is 69.7 Å². The molecule has 38 heavy (non-hydrogen) atoms. The van der Waals surface area contributed by atoms with E-state index in [9.17, 15) is 24.4 Å². The summed E-state index contributed by atoms with van der Waals surface area (Å²) in [6.07, 6.45) is -1.35. The monoisotopic (exact) mass is 570 g/mol. The number of ether oxygens (including phenoxy) is 2. The molecule has 4 rings (SSSR count). The van der Waals surface area contributed by atoms with Crippen LogP contribution >= 0.6 is 19.8 Å². The van der Waals surface area contributed by atoms with E-state index in [2.05, 4.69) is 4.98 Å². The van der Waals surface area contributed by atoms with Crippen LogP contribution in [0.1, 0.15) is 48.5 Å². The van der Waals surface area contributed by atoms with Gasteiger partial charge in [-0.2, -0.15) is 0 Å². The van der Waals surface area contributed by atoms with Gasteiger partial charge in [-0.1, -0.05) is 25.1 Å². The third kappa shape index (κ3) is 6.62. The molecule has 2 aromatic rings. The van der Waals surface area contributed by atoms with Gasteiger partial charge in [-0.15, -0.1) is 0 Å². The van der Waals surface area contributed by atoms with Crippen LogP contribution in [-0.4, -0.2) is 62.4 Å². The number of H-pyrrole nitrogens is 1. The maximum absolute atomic E-state index is 14.1. The molecule has 0 bridgehead atoms. The van der Waals surface area contributed by atoms with Gasteiger partial charge in [0.25, 0.3) is 5.56 Å². The molecule has 6 atom stereocenters. The van der Waals surface area contributed by atoms with Gasteiger partial charge in [-0.25, -0.2) is 4.57 Å². The molecule has 0 spiro atoms. The Labute approximate surface area is 228 Å². The maximum atomic E-state index is 14.1. The van der Waals surface area contributed by atoms with Gasteiger partial charge in [-0.05, 0) is 57.0 Å². The van der Waals surface area contributed by atoms with Crippen molar-refractivity contribution >= 4 is 25.8 Å². The van der Waals surface area contributed by atoms with Crippen molar-refractivity contribution < 1.29 is 40.8 Å². The lowest BCUT2D eigenvalue weighted by atomic mass is 9.96. The van der Waals surface area contributed by atoms with Crippen LogP contribution in [0.5, 0.6) is 5.75 Å². The Bertz CT molecular complexity index is 1360. The van der Waals surface area contributed by atoms with Crippen LogP contribution in [0.2, 0.25) is 0 Å². The fraction of sp³-hybridized carbons (Fsp3) is 0.560. The summed E-state index contributed by atoms with van der Waals surface area (Å²) >= 11 is 5.13. The molecule has 2 fully saturated rings. The Balaban J connectivity index is 1.59. The van der Waals surface area contributed by atoms with Gasteiger partial charge < -0.3 is 24.2 Å². The lowest BCUT2D eigenvalue weighted by Crippen LogP contribution is -2.44. The van der Waals surface area contributed by atoms with E-state index in [0.717, 1.165) is 36.3 Å². The average molecular weight is 571 g/mol. The number of para-hydroxylation sites is 1. The smallest absolute Gasteiger partial charge is 0.380 e. The molecule has 11 nitrogen and oxygen atoms in total. The van der Waals surface area contributed by atoms with E-state index in [-0.39, 0.29) is 16.6 Å². The zero-order valence-electron chi connectivity index (χ0n) is 23.0. The molecule has 1 aliphatic carbocycles. The summed E-state index contributed by atoms with van der Waals surface area (Å²) in [6, 6.07) is 9.04. The van der Waals surface area contributed by atoms with Crippen molar-refractivity contribution in [2.75, 3.05) is 12.7 Å². The number of nitrogens with zero attached hydrogens (tertiary/aromatic N) is 1. The third-order valence-corrected chi connectivity index (χ3v) is 8.73. The SMILES string of the molecule is [2H]C([2H])(OP(=O)(C[C@@H](C)C(=O)OC1CCCC1)Oc1ccccc1)[C@H]1O[C@@H](n2ccc(=O)[nH]c2=S)C(C)(O)[C@H]1O. The number of rotatable bonds is 10. The van der Waals surface area contributed by atoms with Gasteiger partial charge in [0.1, 0.15) is 29.7 Å². The number of hydrogen-bond donors (Lipinski definition) is 3. The number of benzene rings is 1. The number of aliphatic hydroxyl groups is 2. The Morgan fingerprint density at radius 1 is 1.34 bits per heavy atom. The topological polar surface area (TPSA) is 149 Å². The van der Waals surface area contributed by atoms with Crippen molar-refractivity contribution in [1.82, 2.24) is 9.55 Å². The van der Waals surface area contributed by atoms with Crippen LogP contribution in [-0.2, 0) is 23.4 Å². The van der Waals surface area contributed by atoms with Crippen molar-refractivity contribution in [2.24, 2.45) is 5.92 Å². The summed E-state index contributed by atoms with van der Waals surface area (Å²) in [7, 11) is -4.47. The first kappa shape index (κ1) is 25.9. The van der Waals surface area contributed by atoms with E-state index in [0.29, 0.717) is 0 Å². The molecular weight excluding hydrogens is 535 g/mol. The number of aliphatic hydroxyl groups excluding tert-OH is 1. The zero-order chi connectivity index (χ0) is 29.3. The fourth-order valence-electron chi connectivity index (χ4n) is 4.42. The second-order valence-corrected chi connectivity index (χ2v) is 12.1.